The molecule has 0 radical (unpaired) electrons. The fraction of sp³-hybridized carbons (Fsp3) is 0.222. The molecule has 5 nitrogen and oxygen atoms in total. The van der Waals surface area contributed by atoms with E-state index in [1.54, 1.807) is 25.1 Å². The highest BCUT2D eigenvalue weighted by molar-refractivity contribution is 7.24. The van der Waals surface area contributed by atoms with E-state index < -0.39 is 12.3 Å². The Kier molecular flexibility index (Phi) is 4.51. The van der Waals surface area contributed by atoms with Gasteiger partial charge in [-0.3, -0.25) is 4.79 Å². The molecule has 1 aromatic heterocycles. The predicted molar refractivity (Wildman–Crippen MR) is 96.5 cm³/mol. The van der Waals surface area contributed by atoms with Crippen LogP contribution in [0.4, 0.5) is 5.69 Å². The maximum atomic E-state index is 12.9. The molecule has 2 N–H and O–H groups in total. The van der Waals surface area contributed by atoms with Crippen LogP contribution in [0.3, 0.4) is 0 Å². The van der Waals surface area contributed by atoms with Gasteiger partial charge in [-0.05, 0) is 38.1 Å². The molecule has 0 aliphatic carbocycles. The summed E-state index contributed by atoms with van der Waals surface area (Å²) < 4.78 is 12.0. The van der Waals surface area contributed by atoms with Gasteiger partial charge in [-0.1, -0.05) is 12.1 Å². The van der Waals surface area contributed by atoms with Crippen molar-refractivity contribution in [1.29, 1.82) is 0 Å². The molecule has 0 spiro atoms. The number of nitrogen functional groups attached to an aromatic ring is 1. The van der Waals surface area contributed by atoms with Gasteiger partial charge in [0.2, 0.25) is 0 Å². The van der Waals surface area contributed by atoms with Crippen LogP contribution in [-0.4, -0.2) is 18.9 Å². The first kappa shape index (κ1) is 16.4. The number of fused-ring (bicyclic) bond motifs is 2. The first-order chi connectivity index (χ1) is 11.5. The fourth-order valence-corrected chi connectivity index (χ4v) is 3.75. The number of carbonyl (C=O) groups is 1. The van der Waals surface area contributed by atoms with Crippen molar-refractivity contribution in [2.75, 3.05) is 12.3 Å². The van der Waals surface area contributed by atoms with Crippen molar-refractivity contribution in [3.05, 3.63) is 52.2 Å². The molecule has 0 aliphatic heterocycles. The molecular weight excluding hydrogens is 326 g/mol. The second-order valence-corrected chi connectivity index (χ2v) is 6.38. The minimum Gasteiger partial charge on any atom is -0.432 e. The second kappa shape index (κ2) is 6.59. The average molecular weight is 343 g/mol. The number of benzene rings is 2. The van der Waals surface area contributed by atoms with Crippen LogP contribution in [0.25, 0.3) is 20.2 Å². The summed E-state index contributed by atoms with van der Waals surface area (Å²) in [7, 11) is 0. The molecule has 0 saturated carbocycles. The molecule has 1 heterocycles. The number of anilines is 1. The smallest absolute Gasteiger partial charge is 0.341 e. The van der Waals surface area contributed by atoms with Crippen LogP contribution in [0.15, 0.2) is 41.2 Å². The highest BCUT2D eigenvalue weighted by atomic mass is 32.1. The van der Waals surface area contributed by atoms with Gasteiger partial charge in [0.05, 0.1) is 10.9 Å². The summed E-state index contributed by atoms with van der Waals surface area (Å²) in [4.78, 5) is 25.4. The van der Waals surface area contributed by atoms with E-state index in [1.807, 2.05) is 19.1 Å². The minimum absolute atomic E-state index is 0.170. The quantitative estimate of drug-likeness (QED) is 0.339. The summed E-state index contributed by atoms with van der Waals surface area (Å²) >= 11 is 1.42. The molecule has 3 aromatic rings. The van der Waals surface area contributed by atoms with E-state index in [4.69, 9.17) is 15.2 Å². The number of esters is 1. The third-order valence-corrected chi connectivity index (χ3v) is 4.72. The molecule has 2 aromatic carbocycles. The van der Waals surface area contributed by atoms with E-state index in [-0.39, 0.29) is 11.0 Å². The number of hydrogen-bond donors (Lipinski definition) is 1. The molecule has 0 bridgehead atoms. The van der Waals surface area contributed by atoms with Crippen molar-refractivity contribution < 1.29 is 14.3 Å². The van der Waals surface area contributed by atoms with Crippen LogP contribution < -0.4 is 11.2 Å². The first-order valence-electron chi connectivity index (χ1n) is 7.59. The zero-order valence-corrected chi connectivity index (χ0v) is 14.2. The molecule has 24 heavy (non-hydrogen) atoms. The van der Waals surface area contributed by atoms with E-state index in [2.05, 4.69) is 0 Å². The number of hydrogen-bond acceptors (Lipinski definition) is 6. The summed E-state index contributed by atoms with van der Waals surface area (Å²) in [6, 6.07) is 10.5. The van der Waals surface area contributed by atoms with E-state index in [0.29, 0.717) is 27.8 Å². The number of ether oxygens (including phenoxy) is 2. The molecule has 0 aliphatic rings. The van der Waals surface area contributed by atoms with Crippen molar-refractivity contribution in [1.82, 2.24) is 0 Å². The molecule has 124 valence electrons. The maximum Gasteiger partial charge on any atom is 0.341 e. The minimum atomic E-state index is -0.696. The van der Waals surface area contributed by atoms with Gasteiger partial charge in [-0.15, -0.1) is 11.3 Å². The Balaban J connectivity index is 2.22. The lowest BCUT2D eigenvalue weighted by Gasteiger charge is -2.14. The summed E-state index contributed by atoms with van der Waals surface area (Å²) in [5.74, 6) is -0.618. The Morgan fingerprint density at radius 2 is 2.00 bits per heavy atom. The third kappa shape index (κ3) is 2.98. The van der Waals surface area contributed by atoms with Gasteiger partial charge in [0.25, 0.3) is 0 Å². The normalized spacial score (nSPS) is 12.4. The second-order valence-electron chi connectivity index (χ2n) is 5.30. The predicted octanol–water partition coefficient (Wildman–Crippen LogP) is 3.54. The number of carbonyl (C=O) groups excluding carboxylic acids is 1. The Bertz CT molecular complexity index is 980. The van der Waals surface area contributed by atoms with Crippen LogP contribution in [0.2, 0.25) is 0 Å². The lowest BCUT2D eigenvalue weighted by molar-refractivity contribution is -0.0939. The van der Waals surface area contributed by atoms with Crippen molar-refractivity contribution in [2.24, 2.45) is 0 Å². The molecule has 6 heteroatoms. The maximum absolute atomic E-state index is 12.9. The van der Waals surface area contributed by atoms with Gasteiger partial charge in [-0.2, -0.15) is 0 Å². The van der Waals surface area contributed by atoms with Crippen molar-refractivity contribution >= 4 is 43.2 Å². The lowest BCUT2D eigenvalue weighted by atomic mass is 10.1. The SMILES string of the molecule is CCOC(C)OC(=O)c1cc(N)cc2sc3ccccc3c(=O)c12. The van der Waals surface area contributed by atoms with Crippen LogP contribution >= 0.6 is 11.3 Å². The van der Waals surface area contributed by atoms with Crippen molar-refractivity contribution in [2.45, 2.75) is 20.1 Å². The summed E-state index contributed by atoms with van der Waals surface area (Å²) in [5, 5.41) is 0.910. The molecule has 0 saturated heterocycles. The molecular formula is C18H17NO4S. The van der Waals surface area contributed by atoms with Gasteiger partial charge >= 0.3 is 5.97 Å². The van der Waals surface area contributed by atoms with E-state index in [1.165, 1.54) is 17.4 Å². The van der Waals surface area contributed by atoms with Gasteiger partial charge in [-0.25, -0.2) is 4.79 Å². The van der Waals surface area contributed by atoms with Crippen LogP contribution in [0, 0.1) is 0 Å². The number of nitrogens with two attached hydrogens (primary N) is 1. The lowest BCUT2D eigenvalue weighted by Crippen LogP contribution is -2.20. The number of rotatable bonds is 4. The third-order valence-electron chi connectivity index (χ3n) is 3.60. The standard InChI is InChI=1S/C18H17NO4S/c1-3-22-10(2)23-18(21)13-8-11(19)9-15-16(13)17(20)12-6-4-5-7-14(12)24-15/h4-10H,3,19H2,1-2H3. The van der Waals surface area contributed by atoms with Crippen molar-refractivity contribution in [3.63, 3.8) is 0 Å². The molecule has 1 atom stereocenters. The monoisotopic (exact) mass is 343 g/mol. The highest BCUT2D eigenvalue weighted by Crippen LogP contribution is 2.29. The Hall–Kier alpha value is -2.44. The zero-order valence-electron chi connectivity index (χ0n) is 13.4. The fourth-order valence-electron chi connectivity index (χ4n) is 2.59. The summed E-state index contributed by atoms with van der Waals surface area (Å²) in [5.41, 5.74) is 6.29. The molecule has 0 amide bonds. The van der Waals surface area contributed by atoms with Crippen LogP contribution in [0.1, 0.15) is 24.2 Å². The van der Waals surface area contributed by atoms with Gasteiger partial charge in [0, 0.05) is 27.1 Å². The van der Waals surface area contributed by atoms with Crippen molar-refractivity contribution in [3.8, 4) is 0 Å². The Morgan fingerprint density at radius 3 is 2.75 bits per heavy atom. The molecule has 1 unspecified atom stereocenters. The largest absolute Gasteiger partial charge is 0.432 e. The van der Waals surface area contributed by atoms with Crippen LogP contribution in [0.5, 0.6) is 0 Å². The topological polar surface area (TPSA) is 78.6 Å². The Morgan fingerprint density at radius 1 is 1.25 bits per heavy atom. The highest BCUT2D eigenvalue weighted by Gasteiger charge is 2.19. The van der Waals surface area contributed by atoms with Gasteiger partial charge in [0.15, 0.2) is 11.7 Å². The molecule has 0 fully saturated rings. The summed E-state index contributed by atoms with van der Waals surface area (Å²) in [6.45, 7) is 3.86. The van der Waals surface area contributed by atoms with Gasteiger partial charge < -0.3 is 15.2 Å². The zero-order chi connectivity index (χ0) is 17.3. The van der Waals surface area contributed by atoms with E-state index >= 15 is 0 Å². The van der Waals surface area contributed by atoms with E-state index in [9.17, 15) is 9.59 Å². The van der Waals surface area contributed by atoms with Gasteiger partial charge in [0.1, 0.15) is 0 Å². The average Bonchev–Trinajstić information content (AvgIpc) is 2.54. The van der Waals surface area contributed by atoms with E-state index in [0.717, 1.165) is 4.70 Å². The summed E-state index contributed by atoms with van der Waals surface area (Å²) in [6.07, 6.45) is -0.696. The van der Waals surface area contributed by atoms with Crippen LogP contribution in [-0.2, 0) is 9.47 Å². The first-order valence-corrected chi connectivity index (χ1v) is 8.40. The molecule has 3 rings (SSSR count). The Labute approximate surface area is 142 Å².